The summed E-state index contributed by atoms with van der Waals surface area (Å²) in [6.07, 6.45) is 2.59. The van der Waals surface area contributed by atoms with Crippen LogP contribution in [0.2, 0.25) is 0 Å². The Morgan fingerprint density at radius 3 is 2.86 bits per heavy atom. The molecule has 5 nitrogen and oxygen atoms in total. The molecular weight excluding hydrogens is 268 g/mol. The number of para-hydroxylation sites is 2. The number of likely N-dealkylation sites (tertiary alicyclic amines) is 1. The second-order valence-corrected chi connectivity index (χ2v) is 5.22. The topological polar surface area (TPSA) is 50.8 Å². The highest BCUT2D eigenvalue weighted by molar-refractivity contribution is 5.76. The maximum absolute atomic E-state index is 12.2. The van der Waals surface area contributed by atoms with E-state index >= 15 is 0 Å². The molecule has 1 amide bonds. The van der Waals surface area contributed by atoms with E-state index in [1.165, 1.54) is 0 Å². The largest absolute Gasteiger partial charge is 0.493 e. The van der Waals surface area contributed by atoms with E-state index in [0.29, 0.717) is 30.6 Å². The fourth-order valence-electron chi connectivity index (χ4n) is 2.58. The molecule has 0 aliphatic carbocycles. The molecule has 21 heavy (non-hydrogen) atoms. The van der Waals surface area contributed by atoms with Gasteiger partial charge in [-0.3, -0.25) is 4.79 Å². The molecule has 0 bridgehead atoms. The van der Waals surface area contributed by atoms with Gasteiger partial charge in [0.15, 0.2) is 11.5 Å². The summed E-state index contributed by atoms with van der Waals surface area (Å²) in [5.74, 6) is 1.53. The Morgan fingerprint density at radius 2 is 2.14 bits per heavy atom. The van der Waals surface area contributed by atoms with Crippen molar-refractivity contribution in [1.82, 2.24) is 10.2 Å². The Balaban J connectivity index is 1.79. The second kappa shape index (κ2) is 7.88. The van der Waals surface area contributed by atoms with Gasteiger partial charge >= 0.3 is 0 Å². The van der Waals surface area contributed by atoms with Gasteiger partial charge in [-0.1, -0.05) is 12.1 Å². The summed E-state index contributed by atoms with van der Waals surface area (Å²) in [5.41, 5.74) is 0. The summed E-state index contributed by atoms with van der Waals surface area (Å²) in [7, 11) is 3.56. The van der Waals surface area contributed by atoms with Gasteiger partial charge in [0.05, 0.1) is 20.1 Å². The summed E-state index contributed by atoms with van der Waals surface area (Å²) >= 11 is 0. The predicted molar refractivity (Wildman–Crippen MR) is 81.8 cm³/mol. The van der Waals surface area contributed by atoms with E-state index < -0.39 is 0 Å². The van der Waals surface area contributed by atoms with E-state index in [0.717, 1.165) is 25.9 Å². The third-order valence-electron chi connectivity index (χ3n) is 3.82. The second-order valence-electron chi connectivity index (χ2n) is 5.22. The number of carbonyl (C=O) groups is 1. The van der Waals surface area contributed by atoms with Crippen LogP contribution in [0.4, 0.5) is 0 Å². The van der Waals surface area contributed by atoms with Crippen molar-refractivity contribution in [2.24, 2.45) is 0 Å². The fraction of sp³-hybridized carbons (Fsp3) is 0.562. The molecule has 1 saturated heterocycles. The molecular formula is C16H24N2O3. The molecule has 1 aliphatic heterocycles. The summed E-state index contributed by atoms with van der Waals surface area (Å²) in [4.78, 5) is 14.1. The van der Waals surface area contributed by atoms with Crippen molar-refractivity contribution in [1.29, 1.82) is 0 Å². The van der Waals surface area contributed by atoms with Gasteiger partial charge in [-0.25, -0.2) is 0 Å². The third-order valence-corrected chi connectivity index (χ3v) is 3.82. The van der Waals surface area contributed by atoms with Crippen LogP contribution in [0, 0.1) is 0 Å². The molecule has 1 aromatic carbocycles. The standard InChI is InChI=1S/C16H24N2O3/c1-17-13-6-5-10-18(12-13)16(19)9-11-21-15-8-4-3-7-14(15)20-2/h3-4,7-8,13,17H,5-6,9-12H2,1-2H3/t13-/m0/s1. The lowest BCUT2D eigenvalue weighted by molar-refractivity contribution is -0.133. The van der Waals surface area contributed by atoms with Gasteiger partial charge in [-0.15, -0.1) is 0 Å². The van der Waals surface area contributed by atoms with Crippen molar-refractivity contribution in [3.63, 3.8) is 0 Å². The zero-order valence-corrected chi connectivity index (χ0v) is 12.8. The monoisotopic (exact) mass is 292 g/mol. The maximum Gasteiger partial charge on any atom is 0.226 e. The van der Waals surface area contributed by atoms with Crippen molar-refractivity contribution >= 4 is 5.91 Å². The number of carbonyl (C=O) groups excluding carboxylic acids is 1. The minimum atomic E-state index is 0.157. The molecule has 0 aromatic heterocycles. The molecule has 1 N–H and O–H groups in total. The molecule has 5 heteroatoms. The summed E-state index contributed by atoms with van der Waals surface area (Å²) in [6, 6.07) is 7.89. The van der Waals surface area contributed by atoms with Crippen molar-refractivity contribution in [3.05, 3.63) is 24.3 Å². The predicted octanol–water partition coefficient (Wildman–Crippen LogP) is 1.67. The van der Waals surface area contributed by atoms with E-state index in [2.05, 4.69) is 5.32 Å². The Morgan fingerprint density at radius 1 is 1.38 bits per heavy atom. The van der Waals surface area contributed by atoms with E-state index in [-0.39, 0.29) is 5.91 Å². The average Bonchev–Trinajstić information content (AvgIpc) is 2.55. The van der Waals surface area contributed by atoms with Crippen LogP contribution in [0.1, 0.15) is 19.3 Å². The van der Waals surface area contributed by atoms with Gasteiger partial charge in [0.2, 0.25) is 5.91 Å². The summed E-state index contributed by atoms with van der Waals surface area (Å²) in [5, 5.41) is 3.24. The number of ether oxygens (including phenoxy) is 2. The average molecular weight is 292 g/mol. The number of benzene rings is 1. The van der Waals surface area contributed by atoms with E-state index in [4.69, 9.17) is 9.47 Å². The number of likely N-dealkylation sites (N-methyl/N-ethyl adjacent to an activating group) is 1. The van der Waals surface area contributed by atoms with Gasteiger partial charge in [-0.05, 0) is 32.0 Å². The van der Waals surface area contributed by atoms with Crippen molar-refractivity contribution in [2.75, 3.05) is 33.9 Å². The molecule has 1 aromatic rings. The highest BCUT2D eigenvalue weighted by Gasteiger charge is 2.22. The van der Waals surface area contributed by atoms with Crippen LogP contribution < -0.4 is 14.8 Å². The molecule has 1 heterocycles. The van der Waals surface area contributed by atoms with Gasteiger partial charge < -0.3 is 19.7 Å². The first-order valence-electron chi connectivity index (χ1n) is 7.45. The molecule has 1 aliphatic rings. The van der Waals surface area contributed by atoms with Crippen molar-refractivity contribution in [2.45, 2.75) is 25.3 Å². The van der Waals surface area contributed by atoms with Crippen molar-refractivity contribution in [3.8, 4) is 11.5 Å². The Kier molecular flexibility index (Phi) is 5.87. The lowest BCUT2D eigenvalue weighted by atomic mass is 10.1. The van der Waals surface area contributed by atoms with E-state index in [1.54, 1.807) is 7.11 Å². The first-order chi connectivity index (χ1) is 10.2. The van der Waals surface area contributed by atoms with Gasteiger partial charge in [0.1, 0.15) is 0 Å². The van der Waals surface area contributed by atoms with Gasteiger partial charge in [0.25, 0.3) is 0 Å². The zero-order valence-electron chi connectivity index (χ0n) is 12.8. The molecule has 116 valence electrons. The zero-order chi connectivity index (χ0) is 15.1. The number of hydrogen-bond donors (Lipinski definition) is 1. The number of piperidine rings is 1. The molecule has 0 unspecified atom stereocenters. The van der Waals surface area contributed by atoms with Gasteiger partial charge in [0, 0.05) is 19.1 Å². The summed E-state index contributed by atoms with van der Waals surface area (Å²) in [6.45, 7) is 2.02. The minimum Gasteiger partial charge on any atom is -0.493 e. The fourth-order valence-corrected chi connectivity index (χ4v) is 2.58. The SMILES string of the molecule is CN[C@H]1CCCN(C(=O)CCOc2ccccc2OC)C1. The lowest BCUT2D eigenvalue weighted by Gasteiger charge is -2.32. The molecule has 0 spiro atoms. The molecule has 1 atom stereocenters. The van der Waals surface area contributed by atoms with Crippen LogP contribution in [0.5, 0.6) is 11.5 Å². The first-order valence-corrected chi connectivity index (χ1v) is 7.45. The van der Waals surface area contributed by atoms with Crippen LogP contribution >= 0.6 is 0 Å². The number of amides is 1. The highest BCUT2D eigenvalue weighted by atomic mass is 16.5. The smallest absolute Gasteiger partial charge is 0.226 e. The highest BCUT2D eigenvalue weighted by Crippen LogP contribution is 2.25. The molecule has 2 rings (SSSR count). The van der Waals surface area contributed by atoms with Crippen LogP contribution in [0.15, 0.2) is 24.3 Å². The minimum absolute atomic E-state index is 0.157. The Bertz CT molecular complexity index is 465. The summed E-state index contributed by atoms with van der Waals surface area (Å²) < 4.78 is 10.9. The number of nitrogens with zero attached hydrogens (tertiary/aromatic N) is 1. The number of nitrogens with one attached hydrogen (secondary N) is 1. The number of hydrogen-bond acceptors (Lipinski definition) is 4. The van der Waals surface area contributed by atoms with Crippen LogP contribution in [0.3, 0.4) is 0 Å². The molecule has 1 fully saturated rings. The van der Waals surface area contributed by atoms with Gasteiger partial charge in [-0.2, -0.15) is 0 Å². The lowest BCUT2D eigenvalue weighted by Crippen LogP contribution is -2.47. The van der Waals surface area contributed by atoms with E-state index in [9.17, 15) is 4.79 Å². The molecule has 0 radical (unpaired) electrons. The normalized spacial score (nSPS) is 18.4. The molecule has 0 saturated carbocycles. The van der Waals surface area contributed by atoms with Crippen LogP contribution in [0.25, 0.3) is 0 Å². The van der Waals surface area contributed by atoms with Crippen LogP contribution in [-0.4, -0.2) is 50.7 Å². The van der Waals surface area contributed by atoms with Crippen LogP contribution in [-0.2, 0) is 4.79 Å². The van der Waals surface area contributed by atoms with E-state index in [1.807, 2.05) is 36.2 Å². The maximum atomic E-state index is 12.2. The third kappa shape index (κ3) is 4.36. The Labute approximate surface area is 126 Å². The number of rotatable bonds is 6. The first kappa shape index (κ1) is 15.6. The van der Waals surface area contributed by atoms with Crippen molar-refractivity contribution < 1.29 is 14.3 Å². The quantitative estimate of drug-likeness (QED) is 0.866. The number of methoxy groups -OCH3 is 1. The Hall–Kier alpha value is -1.75.